The molecule has 1 atom stereocenters. The maximum atomic E-state index is 11.1. The standard InChI is InChI=1S/C8H16O4S/c1-7(2)12-4-6-13(11)5-3-8(9)10/h7H,3-6H2,1-2H3,(H,9,10). The predicted molar refractivity (Wildman–Crippen MR) is 51.2 cm³/mol. The van der Waals surface area contributed by atoms with Gasteiger partial charge in [-0.25, -0.2) is 0 Å². The molecule has 0 rings (SSSR count). The summed E-state index contributed by atoms with van der Waals surface area (Å²) in [6, 6.07) is 0. The molecule has 0 aromatic rings. The second-order valence-electron chi connectivity index (χ2n) is 2.91. The summed E-state index contributed by atoms with van der Waals surface area (Å²) in [7, 11) is -1.06. The fraction of sp³-hybridized carbons (Fsp3) is 0.875. The van der Waals surface area contributed by atoms with Gasteiger partial charge >= 0.3 is 5.97 Å². The molecule has 5 heteroatoms. The van der Waals surface area contributed by atoms with E-state index in [9.17, 15) is 9.00 Å². The molecule has 0 aliphatic heterocycles. The molecule has 0 aromatic carbocycles. The molecule has 78 valence electrons. The molecule has 0 fully saturated rings. The van der Waals surface area contributed by atoms with Crippen LogP contribution in [0.25, 0.3) is 0 Å². The van der Waals surface area contributed by atoms with E-state index in [1.165, 1.54) is 0 Å². The lowest BCUT2D eigenvalue weighted by Gasteiger charge is -2.06. The molecule has 0 aliphatic rings. The Bertz CT molecular complexity index is 179. The molecular weight excluding hydrogens is 192 g/mol. The fourth-order valence-electron chi connectivity index (χ4n) is 0.680. The van der Waals surface area contributed by atoms with Crippen LogP contribution in [0.5, 0.6) is 0 Å². The summed E-state index contributed by atoms with van der Waals surface area (Å²) in [4.78, 5) is 10.1. The predicted octanol–water partition coefficient (Wildman–Crippen LogP) is 0.635. The molecule has 0 heterocycles. The molecule has 0 amide bonds. The Kier molecular flexibility index (Phi) is 6.80. The number of aliphatic carboxylic acids is 1. The zero-order valence-electron chi connectivity index (χ0n) is 7.99. The molecule has 0 aliphatic carbocycles. The van der Waals surface area contributed by atoms with Crippen LogP contribution in [0.3, 0.4) is 0 Å². The third-order valence-electron chi connectivity index (χ3n) is 1.31. The minimum atomic E-state index is -1.06. The Morgan fingerprint density at radius 1 is 1.46 bits per heavy atom. The lowest BCUT2D eigenvalue weighted by molar-refractivity contribution is -0.136. The molecule has 1 N–H and O–H groups in total. The Balaban J connectivity index is 3.36. The quantitative estimate of drug-likeness (QED) is 0.666. The van der Waals surface area contributed by atoms with Crippen LogP contribution >= 0.6 is 0 Å². The van der Waals surface area contributed by atoms with Crippen LogP contribution in [0.2, 0.25) is 0 Å². The maximum Gasteiger partial charge on any atom is 0.304 e. The van der Waals surface area contributed by atoms with Crippen molar-refractivity contribution in [1.29, 1.82) is 0 Å². The molecule has 1 unspecified atom stereocenters. The van der Waals surface area contributed by atoms with Crippen molar-refractivity contribution in [2.75, 3.05) is 18.1 Å². The maximum absolute atomic E-state index is 11.1. The highest BCUT2D eigenvalue weighted by Crippen LogP contribution is 1.92. The summed E-state index contributed by atoms with van der Waals surface area (Å²) >= 11 is 0. The van der Waals surface area contributed by atoms with Crippen LogP contribution in [0.4, 0.5) is 0 Å². The van der Waals surface area contributed by atoms with Gasteiger partial charge in [0.2, 0.25) is 0 Å². The van der Waals surface area contributed by atoms with Gasteiger partial charge in [0.15, 0.2) is 0 Å². The zero-order chi connectivity index (χ0) is 10.3. The summed E-state index contributed by atoms with van der Waals surface area (Å²) in [6.07, 6.45) is 0.102. The van der Waals surface area contributed by atoms with Gasteiger partial charge in [0.25, 0.3) is 0 Å². The van der Waals surface area contributed by atoms with E-state index < -0.39 is 16.8 Å². The lowest BCUT2D eigenvalue weighted by Crippen LogP contribution is -2.14. The van der Waals surface area contributed by atoms with Crippen LogP contribution < -0.4 is 0 Å². The third kappa shape index (κ3) is 9.49. The Labute approximate surface area is 80.7 Å². The van der Waals surface area contributed by atoms with Gasteiger partial charge in [-0.1, -0.05) is 0 Å². The molecule has 0 aromatic heterocycles. The zero-order valence-corrected chi connectivity index (χ0v) is 8.80. The highest BCUT2D eigenvalue weighted by atomic mass is 32.2. The minimum Gasteiger partial charge on any atom is -0.481 e. The van der Waals surface area contributed by atoms with Crippen LogP contribution in [-0.2, 0) is 20.3 Å². The molecule has 0 radical (unpaired) electrons. The molecule has 4 nitrogen and oxygen atoms in total. The second kappa shape index (κ2) is 7.03. The highest BCUT2D eigenvalue weighted by Gasteiger charge is 2.04. The van der Waals surface area contributed by atoms with Crippen LogP contribution in [0, 0.1) is 0 Å². The summed E-state index contributed by atoms with van der Waals surface area (Å²) in [5.41, 5.74) is 0. The van der Waals surface area contributed by atoms with Gasteiger partial charge in [-0.15, -0.1) is 0 Å². The number of rotatable bonds is 7. The molecule has 0 saturated carbocycles. The lowest BCUT2D eigenvalue weighted by atomic mass is 10.5. The number of ether oxygens (including phenoxy) is 1. The SMILES string of the molecule is CC(C)OCCS(=O)CCC(=O)O. The van der Waals surface area contributed by atoms with Gasteiger partial charge in [-0.3, -0.25) is 9.00 Å². The van der Waals surface area contributed by atoms with Crippen molar-refractivity contribution >= 4 is 16.8 Å². The molecule has 0 saturated heterocycles. The van der Waals surface area contributed by atoms with E-state index in [1.807, 2.05) is 13.8 Å². The van der Waals surface area contributed by atoms with Gasteiger partial charge in [0, 0.05) is 22.3 Å². The van der Waals surface area contributed by atoms with Gasteiger partial charge in [-0.05, 0) is 13.8 Å². The van der Waals surface area contributed by atoms with E-state index in [4.69, 9.17) is 9.84 Å². The number of carboxylic acid groups (broad SMARTS) is 1. The van der Waals surface area contributed by atoms with E-state index >= 15 is 0 Å². The van der Waals surface area contributed by atoms with E-state index in [-0.39, 0.29) is 18.3 Å². The molecule has 0 spiro atoms. The summed E-state index contributed by atoms with van der Waals surface area (Å²) in [5, 5.41) is 8.31. The summed E-state index contributed by atoms with van der Waals surface area (Å²) < 4.78 is 16.3. The molecular formula is C8H16O4S. The van der Waals surface area contributed by atoms with E-state index in [0.717, 1.165) is 0 Å². The van der Waals surface area contributed by atoms with Crippen molar-refractivity contribution in [3.63, 3.8) is 0 Å². The largest absolute Gasteiger partial charge is 0.481 e. The smallest absolute Gasteiger partial charge is 0.304 e. The van der Waals surface area contributed by atoms with E-state index in [1.54, 1.807) is 0 Å². The highest BCUT2D eigenvalue weighted by molar-refractivity contribution is 7.85. The average Bonchev–Trinajstić information content (AvgIpc) is 2.00. The van der Waals surface area contributed by atoms with E-state index in [0.29, 0.717) is 12.4 Å². The minimum absolute atomic E-state index is 0.0334. The fourth-order valence-corrected chi connectivity index (χ4v) is 1.57. The Hall–Kier alpha value is -0.420. The number of carboxylic acids is 1. The topological polar surface area (TPSA) is 63.6 Å². The number of carbonyl (C=O) groups is 1. The van der Waals surface area contributed by atoms with Gasteiger partial charge in [0.1, 0.15) is 0 Å². The average molecular weight is 208 g/mol. The summed E-state index contributed by atoms with van der Waals surface area (Å²) in [5.74, 6) is -0.263. The third-order valence-corrected chi connectivity index (χ3v) is 2.59. The first-order valence-corrected chi connectivity index (χ1v) is 5.69. The van der Waals surface area contributed by atoms with Crippen molar-refractivity contribution in [3.8, 4) is 0 Å². The van der Waals surface area contributed by atoms with Crippen molar-refractivity contribution in [2.24, 2.45) is 0 Å². The Morgan fingerprint density at radius 2 is 2.08 bits per heavy atom. The first-order valence-electron chi connectivity index (χ1n) is 4.20. The molecule has 0 bridgehead atoms. The van der Waals surface area contributed by atoms with Crippen LogP contribution in [0.1, 0.15) is 20.3 Å². The van der Waals surface area contributed by atoms with Crippen LogP contribution in [0.15, 0.2) is 0 Å². The second-order valence-corrected chi connectivity index (χ2v) is 4.61. The van der Waals surface area contributed by atoms with Crippen molar-refractivity contribution in [1.82, 2.24) is 0 Å². The number of hydrogen-bond donors (Lipinski definition) is 1. The van der Waals surface area contributed by atoms with Gasteiger partial charge in [0.05, 0.1) is 19.1 Å². The van der Waals surface area contributed by atoms with Crippen molar-refractivity contribution < 1.29 is 18.8 Å². The van der Waals surface area contributed by atoms with Crippen molar-refractivity contribution in [2.45, 2.75) is 26.4 Å². The van der Waals surface area contributed by atoms with Gasteiger partial charge < -0.3 is 9.84 Å². The van der Waals surface area contributed by atoms with Crippen LogP contribution in [-0.4, -0.2) is 39.5 Å². The monoisotopic (exact) mass is 208 g/mol. The summed E-state index contributed by atoms with van der Waals surface area (Å²) in [6.45, 7) is 4.24. The van der Waals surface area contributed by atoms with Gasteiger partial charge in [-0.2, -0.15) is 0 Å². The normalized spacial score (nSPS) is 13.2. The van der Waals surface area contributed by atoms with Crippen molar-refractivity contribution in [3.05, 3.63) is 0 Å². The molecule has 13 heavy (non-hydrogen) atoms. The first-order chi connectivity index (χ1) is 6.02. The first kappa shape index (κ1) is 12.6. The Morgan fingerprint density at radius 3 is 2.54 bits per heavy atom. The van der Waals surface area contributed by atoms with E-state index in [2.05, 4.69) is 0 Å². The number of hydrogen-bond acceptors (Lipinski definition) is 3.